The first kappa shape index (κ1) is 22.8. The quantitative estimate of drug-likeness (QED) is 0.692. The van der Waals surface area contributed by atoms with Gasteiger partial charge in [-0.2, -0.15) is 0 Å². The monoisotopic (exact) mass is 432 g/mol. The van der Waals surface area contributed by atoms with Crippen LogP contribution < -0.4 is 15.0 Å². The van der Waals surface area contributed by atoms with Crippen molar-refractivity contribution in [3.63, 3.8) is 0 Å². The molecule has 2 atom stereocenters. The molecular weight excluding hydrogens is 399 g/mol. The van der Waals surface area contributed by atoms with Crippen molar-refractivity contribution in [1.29, 1.82) is 0 Å². The van der Waals surface area contributed by atoms with Crippen LogP contribution >= 0.6 is 0 Å². The summed E-state index contributed by atoms with van der Waals surface area (Å²) >= 11 is 0. The molecule has 2 aliphatic heterocycles. The fourth-order valence-corrected chi connectivity index (χ4v) is 4.56. The van der Waals surface area contributed by atoms with E-state index < -0.39 is 14.6 Å². The summed E-state index contributed by atoms with van der Waals surface area (Å²) in [6, 6.07) is 0.574. The molecule has 0 amide bonds. The van der Waals surface area contributed by atoms with Crippen molar-refractivity contribution in [2.75, 3.05) is 29.6 Å². The maximum atomic E-state index is 12.6. The molecule has 1 saturated heterocycles. The van der Waals surface area contributed by atoms with Crippen molar-refractivity contribution in [3.8, 4) is 5.75 Å². The van der Waals surface area contributed by atoms with E-state index in [4.69, 9.17) is 9.72 Å². The zero-order chi connectivity index (χ0) is 22.1. The molecule has 1 N–H and O–H groups in total. The molecule has 0 aliphatic carbocycles. The topological polar surface area (TPSA) is 84.4 Å². The van der Waals surface area contributed by atoms with Gasteiger partial charge in [-0.3, -0.25) is 0 Å². The van der Waals surface area contributed by atoms with Crippen LogP contribution in [0.1, 0.15) is 52.7 Å². The number of sulfone groups is 1. The predicted octanol–water partition coefficient (Wildman–Crippen LogP) is 2.81. The van der Waals surface area contributed by atoms with E-state index in [0.29, 0.717) is 42.4 Å². The third kappa shape index (κ3) is 4.27. The number of hydrogen-bond acceptors (Lipinski definition) is 7. The average molecular weight is 432 g/mol. The van der Waals surface area contributed by atoms with Crippen LogP contribution in [-0.2, 0) is 14.6 Å². The summed E-state index contributed by atoms with van der Waals surface area (Å²) in [6.07, 6.45) is 6.56. The number of nitrogens with zero attached hydrogens (tertiary/aromatic N) is 3. The summed E-state index contributed by atoms with van der Waals surface area (Å²) in [5.74, 6) is 3.65. The summed E-state index contributed by atoms with van der Waals surface area (Å²) in [6.45, 7) is 12.6. The first-order chi connectivity index (χ1) is 14.1. The minimum absolute atomic E-state index is 0.257. The van der Waals surface area contributed by atoms with Gasteiger partial charge in [0.15, 0.2) is 0 Å². The molecule has 0 saturated carbocycles. The van der Waals surface area contributed by atoms with Gasteiger partial charge in [0.1, 0.15) is 0 Å². The SMILES string of the molecule is CB=C/C(=C\C)CNc1nc2c(c(C(C)(C)S(C)(=O)=O)n1)OC[C@@H]1CCC[C@@H](C)N21. The maximum absolute atomic E-state index is 12.6. The van der Waals surface area contributed by atoms with E-state index in [0.717, 1.165) is 24.8 Å². The molecule has 164 valence electrons. The Morgan fingerprint density at radius 2 is 2.10 bits per heavy atom. The molecule has 7 nitrogen and oxygen atoms in total. The van der Waals surface area contributed by atoms with Crippen molar-refractivity contribution in [3.05, 3.63) is 17.3 Å². The van der Waals surface area contributed by atoms with Crippen LogP contribution in [0, 0.1) is 0 Å². The molecule has 0 bridgehead atoms. The second-order valence-electron chi connectivity index (χ2n) is 8.70. The summed E-state index contributed by atoms with van der Waals surface area (Å²) in [5.41, 5.74) is 1.52. The molecule has 30 heavy (non-hydrogen) atoms. The first-order valence-corrected chi connectivity index (χ1v) is 12.5. The van der Waals surface area contributed by atoms with Gasteiger partial charge in [0.25, 0.3) is 0 Å². The third-order valence-corrected chi connectivity index (χ3v) is 8.29. The second kappa shape index (κ2) is 8.69. The predicted molar refractivity (Wildman–Crippen MR) is 125 cm³/mol. The second-order valence-corrected chi connectivity index (χ2v) is 11.3. The van der Waals surface area contributed by atoms with E-state index in [1.165, 1.54) is 6.26 Å². The molecule has 3 rings (SSSR count). The molecule has 1 aromatic rings. The molecule has 1 aromatic heterocycles. The van der Waals surface area contributed by atoms with Crippen LogP contribution in [0.2, 0.25) is 6.82 Å². The van der Waals surface area contributed by atoms with E-state index >= 15 is 0 Å². The van der Waals surface area contributed by atoms with Crippen LogP contribution in [-0.4, -0.2) is 62.8 Å². The number of nitrogens with one attached hydrogen (secondary N) is 1. The minimum atomic E-state index is -3.43. The molecule has 0 unspecified atom stereocenters. The van der Waals surface area contributed by atoms with Crippen LogP contribution in [0.5, 0.6) is 5.75 Å². The Balaban J connectivity index is 2.11. The molecule has 0 radical (unpaired) electrons. The van der Waals surface area contributed by atoms with Crippen molar-refractivity contribution < 1.29 is 13.2 Å². The molecular formula is C21H33BN4O3S. The number of anilines is 2. The molecule has 9 heteroatoms. The molecule has 0 aromatic carbocycles. The van der Waals surface area contributed by atoms with Crippen molar-refractivity contribution in [2.45, 2.75) is 70.6 Å². The molecule has 2 aliphatic rings. The summed E-state index contributed by atoms with van der Waals surface area (Å²) in [7, 11) is -3.43. The third-order valence-electron chi connectivity index (χ3n) is 6.24. The van der Waals surface area contributed by atoms with E-state index in [9.17, 15) is 8.42 Å². The Bertz CT molecular complexity index is 959. The number of ether oxygens (including phenoxy) is 1. The van der Waals surface area contributed by atoms with Gasteiger partial charge in [-0.25, -0.2) is 0 Å². The Morgan fingerprint density at radius 1 is 1.37 bits per heavy atom. The normalized spacial score (nSPS) is 22.2. The van der Waals surface area contributed by atoms with E-state index in [-0.39, 0.29) is 6.04 Å². The van der Waals surface area contributed by atoms with Gasteiger partial charge in [-0.1, -0.05) is 0 Å². The average Bonchev–Trinajstić information content (AvgIpc) is 2.69. The van der Waals surface area contributed by atoms with Gasteiger partial charge in [0.2, 0.25) is 0 Å². The summed E-state index contributed by atoms with van der Waals surface area (Å²) in [5, 5.41) is 3.29. The number of aromatic nitrogens is 2. The summed E-state index contributed by atoms with van der Waals surface area (Å²) < 4.78 is 30.2. The number of hydrogen-bond donors (Lipinski definition) is 1. The Hall–Kier alpha value is -1.90. The van der Waals surface area contributed by atoms with Crippen molar-refractivity contribution in [2.24, 2.45) is 0 Å². The van der Waals surface area contributed by atoms with Crippen molar-refractivity contribution in [1.82, 2.24) is 9.97 Å². The van der Waals surface area contributed by atoms with Crippen molar-refractivity contribution >= 4 is 34.5 Å². The number of piperidine rings is 1. The Labute approximate surface area is 181 Å². The van der Waals surface area contributed by atoms with Gasteiger partial charge < -0.3 is 0 Å². The standard InChI is InChI=1S/C21H33BN4O3S/c1-7-15(11-22-5)12-23-20-24-18(21(3,4)30(6,27)28)17-19(25-20)26-14(2)9-8-10-16(26)13-29-17/h7,11,14,16H,8-10,12-13H2,1-6H3,(H,23,24,25)/b15-7+/t14-,16+/m1/s1. The fourth-order valence-electron chi connectivity index (χ4n) is 4.07. The molecule has 1 fully saturated rings. The van der Waals surface area contributed by atoms with Crippen LogP contribution in [0.15, 0.2) is 11.6 Å². The van der Waals surface area contributed by atoms with Crippen LogP contribution in [0.4, 0.5) is 11.8 Å². The van der Waals surface area contributed by atoms with E-state index in [2.05, 4.69) is 22.1 Å². The van der Waals surface area contributed by atoms with Gasteiger partial charge in [-0.05, 0) is 0 Å². The van der Waals surface area contributed by atoms with E-state index in [1.807, 2.05) is 32.7 Å². The molecule has 3 heterocycles. The van der Waals surface area contributed by atoms with Gasteiger partial charge in [-0.15, -0.1) is 0 Å². The van der Waals surface area contributed by atoms with Gasteiger partial charge in [0, 0.05) is 0 Å². The van der Waals surface area contributed by atoms with Crippen LogP contribution in [0.25, 0.3) is 0 Å². The van der Waals surface area contributed by atoms with Gasteiger partial charge >= 0.3 is 181 Å². The fraction of sp³-hybridized carbons (Fsp3) is 0.667. The Morgan fingerprint density at radius 3 is 2.73 bits per heavy atom. The summed E-state index contributed by atoms with van der Waals surface area (Å²) in [4.78, 5) is 11.8. The number of allylic oxidation sites excluding steroid dienone is 1. The van der Waals surface area contributed by atoms with Gasteiger partial charge in [0.05, 0.1) is 0 Å². The number of fused-ring (bicyclic) bond motifs is 3. The number of rotatable bonds is 6. The zero-order valence-electron chi connectivity index (χ0n) is 18.9. The Kier molecular flexibility index (Phi) is 6.60. The zero-order valence-corrected chi connectivity index (χ0v) is 19.7. The van der Waals surface area contributed by atoms with E-state index in [1.54, 1.807) is 13.8 Å². The molecule has 0 spiro atoms. The van der Waals surface area contributed by atoms with Crippen LogP contribution in [0.3, 0.4) is 0 Å². The first-order valence-electron chi connectivity index (χ1n) is 10.6.